The lowest BCUT2D eigenvalue weighted by Gasteiger charge is -2.08. The molecule has 0 saturated carbocycles. The van der Waals surface area contributed by atoms with Crippen LogP contribution in [0.1, 0.15) is 162 Å². The average Bonchev–Trinajstić information content (AvgIpc) is 2.76. The number of nitrogens with zero attached hydrogens (tertiary/aromatic N) is 1. The molecule has 0 bridgehead atoms. The molecular formula is C30H66N2. The van der Waals surface area contributed by atoms with Gasteiger partial charge in [0.15, 0.2) is 0 Å². The van der Waals surface area contributed by atoms with Crippen molar-refractivity contribution in [1.29, 1.82) is 0 Å². The first-order valence-corrected chi connectivity index (χ1v) is 14.9. The molecule has 0 heterocycles. The van der Waals surface area contributed by atoms with Gasteiger partial charge < -0.3 is 10.6 Å². The Labute approximate surface area is 205 Å². The monoisotopic (exact) mass is 455 g/mol. The maximum Gasteiger partial charge on any atom is -0.00248 e. The van der Waals surface area contributed by atoms with Gasteiger partial charge in [0.1, 0.15) is 0 Å². The lowest BCUT2D eigenvalue weighted by molar-refractivity contribution is 0.389. The summed E-state index contributed by atoms with van der Waals surface area (Å²) in [6, 6.07) is 0. The van der Waals surface area contributed by atoms with E-state index in [-0.39, 0.29) is 0 Å². The number of hydrogen-bond acceptors (Lipinski definition) is 2. The highest BCUT2D eigenvalue weighted by molar-refractivity contribution is 4.51. The quantitative estimate of drug-likeness (QED) is 0.147. The zero-order chi connectivity index (χ0) is 24.1. The van der Waals surface area contributed by atoms with E-state index in [4.69, 9.17) is 5.73 Å². The Morgan fingerprint density at radius 2 is 0.844 bits per heavy atom. The van der Waals surface area contributed by atoms with Crippen LogP contribution in [0.3, 0.4) is 0 Å². The van der Waals surface area contributed by atoms with Crippen molar-refractivity contribution in [3.05, 3.63) is 0 Å². The fourth-order valence-electron chi connectivity index (χ4n) is 4.20. The summed E-state index contributed by atoms with van der Waals surface area (Å²) in [5.74, 6) is 0.892. The fraction of sp³-hybridized carbons (Fsp3) is 1.00. The Kier molecular flexibility index (Phi) is 32.9. The molecule has 0 fully saturated rings. The minimum Gasteiger partial charge on any atom is -0.330 e. The molecule has 32 heavy (non-hydrogen) atoms. The Balaban J connectivity index is 0. The van der Waals surface area contributed by atoms with Crippen LogP contribution in [-0.4, -0.2) is 32.1 Å². The smallest absolute Gasteiger partial charge is 0.00248 e. The van der Waals surface area contributed by atoms with Crippen molar-refractivity contribution in [3.8, 4) is 0 Å². The zero-order valence-electron chi connectivity index (χ0n) is 23.6. The van der Waals surface area contributed by atoms with Gasteiger partial charge in [-0.05, 0) is 45.9 Å². The standard InChI is InChI=1S/C16H35N.C14H31N/c1-16(2)14-12-10-8-6-4-3-5-7-9-11-13-15-17;1-4-5-6-7-8-9-10-11-12-13-14-15(2)3/h16H,3-15,17H2,1-2H3;4-14H2,1-3H3. The van der Waals surface area contributed by atoms with Gasteiger partial charge in [0, 0.05) is 0 Å². The number of unbranched alkanes of at least 4 members (excludes halogenated alkanes) is 19. The molecule has 2 nitrogen and oxygen atoms in total. The van der Waals surface area contributed by atoms with Crippen LogP contribution < -0.4 is 5.73 Å². The molecule has 0 radical (unpaired) electrons. The SMILES string of the molecule is CC(C)CCCCCCCCCCCCCN.CCCCCCCCCCCCN(C)C. The van der Waals surface area contributed by atoms with Crippen LogP contribution in [0, 0.1) is 5.92 Å². The summed E-state index contributed by atoms with van der Waals surface area (Å²) in [5, 5.41) is 0. The maximum absolute atomic E-state index is 5.47. The Hall–Kier alpha value is -0.0800. The van der Waals surface area contributed by atoms with Gasteiger partial charge in [-0.3, -0.25) is 0 Å². The van der Waals surface area contributed by atoms with E-state index in [0.717, 1.165) is 12.5 Å². The average molecular weight is 455 g/mol. The van der Waals surface area contributed by atoms with Gasteiger partial charge in [0.2, 0.25) is 0 Å². The number of nitrogens with two attached hydrogens (primary N) is 1. The van der Waals surface area contributed by atoms with Crippen LogP contribution >= 0.6 is 0 Å². The molecule has 2 N–H and O–H groups in total. The van der Waals surface area contributed by atoms with Crippen LogP contribution in [0.25, 0.3) is 0 Å². The van der Waals surface area contributed by atoms with Crippen molar-refractivity contribution in [2.45, 2.75) is 162 Å². The third kappa shape index (κ3) is 37.2. The molecule has 0 atom stereocenters. The third-order valence-electron chi connectivity index (χ3n) is 6.44. The van der Waals surface area contributed by atoms with Crippen LogP contribution in [0.5, 0.6) is 0 Å². The van der Waals surface area contributed by atoms with Gasteiger partial charge in [-0.1, -0.05) is 149 Å². The number of hydrogen-bond donors (Lipinski definition) is 1. The summed E-state index contributed by atoms with van der Waals surface area (Å²) in [7, 11) is 4.32. The lowest BCUT2D eigenvalue weighted by Crippen LogP contribution is -2.12. The van der Waals surface area contributed by atoms with Crippen molar-refractivity contribution in [2.24, 2.45) is 11.7 Å². The molecule has 2 heteroatoms. The van der Waals surface area contributed by atoms with E-state index in [0.29, 0.717) is 0 Å². The molecule has 0 unspecified atom stereocenters. The van der Waals surface area contributed by atoms with Gasteiger partial charge in [-0.2, -0.15) is 0 Å². The number of rotatable bonds is 24. The third-order valence-corrected chi connectivity index (χ3v) is 6.44. The molecule has 0 aliphatic carbocycles. The molecular weight excluding hydrogens is 388 g/mol. The first kappa shape index (κ1) is 34.1. The van der Waals surface area contributed by atoms with Crippen LogP contribution in [-0.2, 0) is 0 Å². The molecule has 196 valence electrons. The molecule has 0 aliphatic rings. The summed E-state index contributed by atoms with van der Waals surface area (Å²) in [5.41, 5.74) is 5.47. The van der Waals surface area contributed by atoms with Gasteiger partial charge in [-0.25, -0.2) is 0 Å². The van der Waals surface area contributed by atoms with Crippen molar-refractivity contribution < 1.29 is 0 Å². The summed E-state index contributed by atoms with van der Waals surface area (Å²) < 4.78 is 0. The highest BCUT2D eigenvalue weighted by Crippen LogP contribution is 2.13. The molecule has 0 aromatic heterocycles. The van der Waals surface area contributed by atoms with E-state index >= 15 is 0 Å². The van der Waals surface area contributed by atoms with E-state index in [1.807, 2.05) is 0 Å². The summed E-state index contributed by atoms with van der Waals surface area (Å²) in [6.07, 6.45) is 31.3. The zero-order valence-corrected chi connectivity index (χ0v) is 23.6. The van der Waals surface area contributed by atoms with Crippen molar-refractivity contribution in [2.75, 3.05) is 27.2 Å². The molecule has 0 amide bonds. The minimum absolute atomic E-state index is 0.871. The van der Waals surface area contributed by atoms with E-state index in [2.05, 4.69) is 39.8 Å². The van der Waals surface area contributed by atoms with Gasteiger partial charge >= 0.3 is 0 Å². The van der Waals surface area contributed by atoms with Crippen molar-refractivity contribution in [1.82, 2.24) is 4.90 Å². The Morgan fingerprint density at radius 3 is 1.19 bits per heavy atom. The first-order chi connectivity index (χ1) is 15.5. The Morgan fingerprint density at radius 1 is 0.500 bits per heavy atom. The molecule has 0 saturated heterocycles. The van der Waals surface area contributed by atoms with E-state index < -0.39 is 0 Å². The van der Waals surface area contributed by atoms with Crippen molar-refractivity contribution in [3.63, 3.8) is 0 Å². The fourth-order valence-corrected chi connectivity index (χ4v) is 4.20. The van der Waals surface area contributed by atoms with Gasteiger partial charge in [0.25, 0.3) is 0 Å². The highest BCUT2D eigenvalue weighted by Gasteiger charge is 1.96. The second-order valence-electron chi connectivity index (χ2n) is 10.8. The van der Waals surface area contributed by atoms with Crippen LogP contribution in [0.2, 0.25) is 0 Å². The van der Waals surface area contributed by atoms with Gasteiger partial charge in [-0.15, -0.1) is 0 Å². The molecule has 0 spiro atoms. The Bertz CT molecular complexity index is 301. The molecule has 0 aromatic carbocycles. The van der Waals surface area contributed by atoms with Gasteiger partial charge in [0.05, 0.1) is 0 Å². The van der Waals surface area contributed by atoms with E-state index in [1.54, 1.807) is 0 Å². The molecule has 0 aromatic rings. The van der Waals surface area contributed by atoms with Crippen LogP contribution in [0.15, 0.2) is 0 Å². The second kappa shape index (κ2) is 30.9. The predicted molar refractivity (Wildman–Crippen MR) is 150 cm³/mol. The van der Waals surface area contributed by atoms with E-state index in [1.165, 1.54) is 148 Å². The first-order valence-electron chi connectivity index (χ1n) is 14.9. The molecule has 0 rings (SSSR count). The van der Waals surface area contributed by atoms with E-state index in [9.17, 15) is 0 Å². The summed E-state index contributed by atoms with van der Waals surface area (Å²) >= 11 is 0. The molecule has 0 aliphatic heterocycles. The lowest BCUT2D eigenvalue weighted by atomic mass is 10.0. The van der Waals surface area contributed by atoms with Crippen molar-refractivity contribution >= 4 is 0 Å². The normalized spacial score (nSPS) is 11.2. The summed E-state index contributed by atoms with van der Waals surface area (Å²) in [6.45, 7) is 9.06. The second-order valence-corrected chi connectivity index (χ2v) is 10.8. The van der Waals surface area contributed by atoms with Crippen LogP contribution in [0.4, 0.5) is 0 Å². The maximum atomic E-state index is 5.47. The minimum atomic E-state index is 0.871. The largest absolute Gasteiger partial charge is 0.330 e. The summed E-state index contributed by atoms with van der Waals surface area (Å²) in [4.78, 5) is 2.28. The topological polar surface area (TPSA) is 29.3 Å². The predicted octanol–water partition coefficient (Wildman–Crippen LogP) is 9.75. The highest BCUT2D eigenvalue weighted by atomic mass is 15.0.